The Bertz CT molecular complexity index is 1020. The first-order chi connectivity index (χ1) is 13.7. The van der Waals surface area contributed by atoms with Crippen LogP contribution in [-0.2, 0) is 11.8 Å². The SMILES string of the molecule is Cn1c(N2CCO[C@H](C3C=CC(C#N)=CC3)C2)nc(-c2ccncc2)cc1=O. The number of ether oxygens (including phenoxy) is 1. The number of hydrogen-bond donors (Lipinski definition) is 0. The third kappa shape index (κ3) is 3.59. The predicted molar refractivity (Wildman–Crippen MR) is 106 cm³/mol. The third-order valence-electron chi connectivity index (χ3n) is 5.20. The maximum atomic E-state index is 12.5. The van der Waals surface area contributed by atoms with E-state index < -0.39 is 0 Å². The number of morpholine rings is 1. The average Bonchev–Trinajstić information content (AvgIpc) is 2.76. The molecule has 0 aromatic carbocycles. The highest BCUT2D eigenvalue weighted by molar-refractivity contribution is 5.59. The van der Waals surface area contributed by atoms with Crippen LogP contribution in [0, 0.1) is 17.2 Å². The van der Waals surface area contributed by atoms with Crippen LogP contribution in [0.2, 0.25) is 0 Å². The average molecular weight is 375 g/mol. The Morgan fingerprint density at radius 1 is 1.32 bits per heavy atom. The van der Waals surface area contributed by atoms with Crippen molar-refractivity contribution in [2.45, 2.75) is 12.5 Å². The summed E-state index contributed by atoms with van der Waals surface area (Å²) in [6, 6.07) is 7.41. The molecule has 2 aromatic rings. The summed E-state index contributed by atoms with van der Waals surface area (Å²) in [5.74, 6) is 0.848. The second-order valence-electron chi connectivity index (χ2n) is 6.96. The van der Waals surface area contributed by atoms with Crippen LogP contribution < -0.4 is 10.5 Å². The van der Waals surface area contributed by atoms with E-state index in [4.69, 9.17) is 15.0 Å². The summed E-state index contributed by atoms with van der Waals surface area (Å²) in [7, 11) is 1.74. The van der Waals surface area contributed by atoms with Gasteiger partial charge in [-0.1, -0.05) is 12.2 Å². The van der Waals surface area contributed by atoms with Crippen molar-refractivity contribution in [3.8, 4) is 17.3 Å². The highest BCUT2D eigenvalue weighted by atomic mass is 16.5. The third-order valence-corrected chi connectivity index (χ3v) is 5.20. The van der Waals surface area contributed by atoms with Crippen molar-refractivity contribution >= 4 is 5.95 Å². The van der Waals surface area contributed by atoms with E-state index in [9.17, 15) is 4.79 Å². The molecule has 7 heteroatoms. The van der Waals surface area contributed by atoms with Crippen molar-refractivity contribution in [3.05, 3.63) is 64.7 Å². The molecule has 1 aliphatic heterocycles. The minimum atomic E-state index is -0.0981. The smallest absolute Gasteiger partial charge is 0.255 e. The van der Waals surface area contributed by atoms with Gasteiger partial charge in [-0.3, -0.25) is 14.3 Å². The standard InChI is InChI=1S/C21H21N5O2/c1-25-20(27)12-18(16-6-8-23-9-7-16)24-21(25)26-10-11-28-19(14-26)17-4-2-15(13-22)3-5-17/h2-4,6-9,12,17,19H,5,10-11,14H2,1H3/t17?,19-/m0/s1. The fraction of sp³-hybridized carbons (Fsp3) is 0.333. The van der Waals surface area contributed by atoms with E-state index in [0.29, 0.717) is 36.9 Å². The van der Waals surface area contributed by atoms with Crippen LogP contribution >= 0.6 is 0 Å². The molecular formula is C21H21N5O2. The Kier molecular flexibility index (Phi) is 5.04. The number of nitrogens with zero attached hydrogens (tertiary/aromatic N) is 5. The first kappa shape index (κ1) is 18.1. The molecule has 7 nitrogen and oxygen atoms in total. The fourth-order valence-electron chi connectivity index (χ4n) is 3.59. The molecule has 1 unspecified atom stereocenters. The number of aromatic nitrogens is 3. The lowest BCUT2D eigenvalue weighted by atomic mass is 9.91. The summed E-state index contributed by atoms with van der Waals surface area (Å²) in [5, 5.41) is 9.00. The van der Waals surface area contributed by atoms with Gasteiger partial charge in [0, 0.05) is 55.7 Å². The normalized spacial score (nSPS) is 21.9. The molecule has 2 atom stereocenters. The van der Waals surface area contributed by atoms with Crippen molar-refractivity contribution in [2.75, 3.05) is 24.6 Å². The quantitative estimate of drug-likeness (QED) is 0.817. The van der Waals surface area contributed by atoms with Crippen LogP contribution in [0.4, 0.5) is 5.95 Å². The molecule has 142 valence electrons. The molecular weight excluding hydrogens is 354 g/mol. The first-order valence-electron chi connectivity index (χ1n) is 9.29. The minimum absolute atomic E-state index is 0.0111. The van der Waals surface area contributed by atoms with Crippen molar-refractivity contribution < 1.29 is 4.74 Å². The summed E-state index contributed by atoms with van der Waals surface area (Å²) in [5.41, 5.74) is 2.10. The van der Waals surface area contributed by atoms with Crippen LogP contribution in [0.3, 0.4) is 0 Å². The van der Waals surface area contributed by atoms with Gasteiger partial charge >= 0.3 is 0 Å². The largest absolute Gasteiger partial charge is 0.374 e. The van der Waals surface area contributed by atoms with E-state index in [2.05, 4.69) is 16.0 Å². The van der Waals surface area contributed by atoms with Gasteiger partial charge in [-0.15, -0.1) is 0 Å². The van der Waals surface area contributed by atoms with E-state index in [-0.39, 0.29) is 17.6 Å². The lowest BCUT2D eigenvalue weighted by molar-refractivity contribution is 0.0138. The number of allylic oxidation sites excluding steroid dienone is 3. The highest BCUT2D eigenvalue weighted by Gasteiger charge is 2.29. The van der Waals surface area contributed by atoms with Crippen molar-refractivity contribution in [1.82, 2.24) is 14.5 Å². The Hall–Kier alpha value is -3.24. The maximum Gasteiger partial charge on any atom is 0.255 e. The fourth-order valence-corrected chi connectivity index (χ4v) is 3.59. The van der Waals surface area contributed by atoms with Crippen LogP contribution in [0.1, 0.15) is 6.42 Å². The van der Waals surface area contributed by atoms with Crippen LogP contribution in [0.25, 0.3) is 11.3 Å². The molecule has 3 heterocycles. The van der Waals surface area contributed by atoms with Gasteiger partial charge in [0.2, 0.25) is 5.95 Å². The summed E-state index contributed by atoms with van der Waals surface area (Å²) >= 11 is 0. The Labute approximate surface area is 163 Å². The zero-order valence-electron chi connectivity index (χ0n) is 15.7. The van der Waals surface area contributed by atoms with E-state index >= 15 is 0 Å². The number of hydrogen-bond acceptors (Lipinski definition) is 6. The topological polar surface area (TPSA) is 84.0 Å². The number of nitriles is 1. The molecule has 2 aromatic heterocycles. The highest BCUT2D eigenvalue weighted by Crippen LogP contribution is 2.26. The Morgan fingerprint density at radius 3 is 2.86 bits per heavy atom. The molecule has 1 aliphatic carbocycles. The van der Waals surface area contributed by atoms with Gasteiger partial charge in [-0.25, -0.2) is 4.98 Å². The van der Waals surface area contributed by atoms with Gasteiger partial charge in [-0.2, -0.15) is 5.26 Å². The first-order valence-corrected chi connectivity index (χ1v) is 9.29. The Balaban J connectivity index is 1.60. The van der Waals surface area contributed by atoms with Gasteiger partial charge in [0.1, 0.15) is 0 Å². The minimum Gasteiger partial charge on any atom is -0.374 e. The summed E-state index contributed by atoms with van der Waals surface area (Å²) in [6.45, 7) is 1.89. The summed E-state index contributed by atoms with van der Waals surface area (Å²) < 4.78 is 7.58. The second kappa shape index (κ2) is 7.79. The molecule has 1 fully saturated rings. The maximum absolute atomic E-state index is 12.5. The number of rotatable bonds is 3. The lowest BCUT2D eigenvalue weighted by Crippen LogP contribution is -2.47. The molecule has 0 radical (unpaired) electrons. The molecule has 4 rings (SSSR count). The monoisotopic (exact) mass is 375 g/mol. The molecule has 0 spiro atoms. The van der Waals surface area contributed by atoms with E-state index in [1.54, 1.807) is 30.1 Å². The molecule has 1 saturated heterocycles. The van der Waals surface area contributed by atoms with Crippen LogP contribution in [-0.4, -0.2) is 40.3 Å². The molecule has 0 saturated carbocycles. The zero-order valence-corrected chi connectivity index (χ0v) is 15.7. The van der Waals surface area contributed by atoms with E-state index in [1.807, 2.05) is 30.4 Å². The lowest BCUT2D eigenvalue weighted by Gasteiger charge is -2.37. The van der Waals surface area contributed by atoms with Crippen LogP contribution in [0.5, 0.6) is 0 Å². The van der Waals surface area contributed by atoms with Gasteiger partial charge in [0.15, 0.2) is 0 Å². The summed E-state index contributed by atoms with van der Waals surface area (Å²) in [4.78, 5) is 23.4. The number of anilines is 1. The van der Waals surface area contributed by atoms with Crippen LogP contribution in [0.15, 0.2) is 59.2 Å². The van der Waals surface area contributed by atoms with Gasteiger partial charge in [0.05, 0.1) is 24.5 Å². The Morgan fingerprint density at radius 2 is 2.14 bits per heavy atom. The van der Waals surface area contributed by atoms with Crippen molar-refractivity contribution in [2.24, 2.45) is 13.0 Å². The molecule has 28 heavy (non-hydrogen) atoms. The number of pyridine rings is 1. The van der Waals surface area contributed by atoms with Gasteiger partial charge in [-0.05, 0) is 24.6 Å². The zero-order chi connectivity index (χ0) is 19.5. The molecule has 2 aliphatic rings. The van der Waals surface area contributed by atoms with Crippen molar-refractivity contribution in [1.29, 1.82) is 5.26 Å². The molecule has 0 amide bonds. The summed E-state index contributed by atoms with van der Waals surface area (Å²) in [6.07, 6.45) is 10.0. The van der Waals surface area contributed by atoms with E-state index in [0.717, 1.165) is 12.0 Å². The molecule has 0 bridgehead atoms. The van der Waals surface area contributed by atoms with Crippen molar-refractivity contribution in [3.63, 3.8) is 0 Å². The second-order valence-corrected chi connectivity index (χ2v) is 6.96. The van der Waals surface area contributed by atoms with E-state index in [1.165, 1.54) is 0 Å². The molecule has 0 N–H and O–H groups in total. The van der Waals surface area contributed by atoms with Gasteiger partial charge in [0.25, 0.3) is 5.56 Å². The van der Waals surface area contributed by atoms with Gasteiger partial charge < -0.3 is 9.64 Å². The predicted octanol–water partition coefficient (Wildman–Crippen LogP) is 2.07.